The molecule has 24 heavy (non-hydrogen) atoms. The number of benzene rings is 1. The van der Waals surface area contributed by atoms with Gasteiger partial charge in [-0.3, -0.25) is 4.79 Å². The summed E-state index contributed by atoms with van der Waals surface area (Å²) in [6, 6.07) is 7.82. The van der Waals surface area contributed by atoms with Crippen molar-refractivity contribution in [3.63, 3.8) is 0 Å². The first kappa shape index (κ1) is 17.7. The van der Waals surface area contributed by atoms with Crippen LogP contribution in [-0.4, -0.2) is 17.8 Å². The van der Waals surface area contributed by atoms with Crippen molar-refractivity contribution in [2.75, 3.05) is 5.32 Å². The predicted octanol–water partition coefficient (Wildman–Crippen LogP) is 3.97. The van der Waals surface area contributed by atoms with Crippen LogP contribution in [0.15, 0.2) is 52.4 Å². The molecule has 1 aromatic rings. The van der Waals surface area contributed by atoms with Gasteiger partial charge in [-0.1, -0.05) is 26.0 Å². The second-order valence-electron chi connectivity index (χ2n) is 6.00. The van der Waals surface area contributed by atoms with Gasteiger partial charge in [-0.15, -0.1) is 0 Å². The molecule has 0 aromatic heterocycles. The molecule has 1 atom stereocenters. The number of aliphatic imine (C=N–C) groups is 1. The molecular formula is C19H24N4O. The molecule has 1 heterocycles. The van der Waals surface area contributed by atoms with Gasteiger partial charge in [0.15, 0.2) is 0 Å². The van der Waals surface area contributed by atoms with Gasteiger partial charge >= 0.3 is 0 Å². The van der Waals surface area contributed by atoms with Gasteiger partial charge < -0.3 is 16.0 Å². The SMILES string of the molecule is CCC(C)c1ccc(NC(=O)/C(C=N)=C2\N=C(C)C=C(C)N2)cc1. The smallest absolute Gasteiger partial charge is 0.260 e. The lowest BCUT2D eigenvalue weighted by molar-refractivity contribution is -0.112. The van der Waals surface area contributed by atoms with Gasteiger partial charge in [-0.05, 0) is 50.0 Å². The van der Waals surface area contributed by atoms with Gasteiger partial charge in [0, 0.05) is 23.3 Å². The zero-order valence-corrected chi connectivity index (χ0v) is 14.6. The Balaban J connectivity index is 2.19. The van der Waals surface area contributed by atoms with Crippen LogP contribution in [0.25, 0.3) is 0 Å². The van der Waals surface area contributed by atoms with Crippen LogP contribution in [0.4, 0.5) is 5.69 Å². The summed E-state index contributed by atoms with van der Waals surface area (Å²) in [5.41, 5.74) is 3.84. The summed E-state index contributed by atoms with van der Waals surface area (Å²) in [5, 5.41) is 13.4. The minimum absolute atomic E-state index is 0.202. The quantitative estimate of drug-likeness (QED) is 0.566. The minimum atomic E-state index is -0.352. The monoisotopic (exact) mass is 324 g/mol. The fourth-order valence-electron chi connectivity index (χ4n) is 2.47. The molecule has 1 aromatic carbocycles. The molecule has 1 aliphatic heterocycles. The first-order chi connectivity index (χ1) is 11.4. The third-order valence-corrected chi connectivity index (χ3v) is 4.02. The number of amides is 1. The first-order valence-corrected chi connectivity index (χ1v) is 8.11. The average Bonchev–Trinajstić information content (AvgIpc) is 2.54. The molecule has 0 bridgehead atoms. The number of hydrogen-bond donors (Lipinski definition) is 3. The van der Waals surface area contributed by atoms with Crippen molar-refractivity contribution in [1.82, 2.24) is 5.32 Å². The molecule has 5 nitrogen and oxygen atoms in total. The molecule has 0 radical (unpaired) electrons. The summed E-state index contributed by atoms with van der Waals surface area (Å²) in [5.74, 6) is 0.541. The Labute approximate surface area is 143 Å². The molecule has 126 valence electrons. The number of allylic oxidation sites excluding steroid dienone is 2. The number of nitrogens with zero attached hydrogens (tertiary/aromatic N) is 1. The lowest BCUT2D eigenvalue weighted by atomic mass is 9.98. The van der Waals surface area contributed by atoms with E-state index in [0.717, 1.165) is 24.0 Å². The van der Waals surface area contributed by atoms with E-state index in [0.29, 0.717) is 17.4 Å². The van der Waals surface area contributed by atoms with Crippen LogP contribution < -0.4 is 10.6 Å². The van der Waals surface area contributed by atoms with E-state index >= 15 is 0 Å². The molecular weight excluding hydrogens is 300 g/mol. The normalized spacial score (nSPS) is 17.2. The van der Waals surface area contributed by atoms with E-state index in [1.165, 1.54) is 5.56 Å². The van der Waals surface area contributed by atoms with Crippen molar-refractivity contribution in [3.8, 4) is 0 Å². The number of hydrogen-bond acceptors (Lipinski definition) is 4. The van der Waals surface area contributed by atoms with Crippen molar-refractivity contribution >= 4 is 23.5 Å². The maximum absolute atomic E-state index is 12.5. The van der Waals surface area contributed by atoms with E-state index in [9.17, 15) is 4.79 Å². The predicted molar refractivity (Wildman–Crippen MR) is 99.6 cm³/mol. The highest BCUT2D eigenvalue weighted by atomic mass is 16.1. The van der Waals surface area contributed by atoms with Gasteiger partial charge in [0.05, 0.1) is 5.57 Å². The maximum Gasteiger partial charge on any atom is 0.260 e. The fraction of sp³-hybridized carbons (Fsp3) is 0.316. The summed E-state index contributed by atoms with van der Waals surface area (Å²) >= 11 is 0. The lowest BCUT2D eigenvalue weighted by Gasteiger charge is -2.16. The molecule has 2 rings (SSSR count). The molecule has 1 aliphatic rings. The minimum Gasteiger partial charge on any atom is -0.343 e. The van der Waals surface area contributed by atoms with E-state index in [2.05, 4.69) is 29.5 Å². The molecule has 0 saturated carbocycles. The van der Waals surface area contributed by atoms with Crippen LogP contribution in [0.5, 0.6) is 0 Å². The molecule has 3 N–H and O–H groups in total. The summed E-state index contributed by atoms with van der Waals surface area (Å²) in [6.45, 7) is 8.08. The molecule has 5 heteroatoms. The zero-order valence-electron chi connectivity index (χ0n) is 14.6. The Bertz CT molecular complexity index is 726. The topological polar surface area (TPSA) is 77.3 Å². The largest absolute Gasteiger partial charge is 0.343 e. The van der Waals surface area contributed by atoms with E-state index < -0.39 is 0 Å². The third-order valence-electron chi connectivity index (χ3n) is 4.02. The van der Waals surface area contributed by atoms with E-state index in [1.54, 1.807) is 0 Å². The van der Waals surface area contributed by atoms with Crippen LogP contribution in [0.1, 0.15) is 45.6 Å². The van der Waals surface area contributed by atoms with E-state index in [4.69, 9.17) is 5.41 Å². The zero-order chi connectivity index (χ0) is 17.7. The number of rotatable bonds is 5. The van der Waals surface area contributed by atoms with Crippen molar-refractivity contribution < 1.29 is 4.79 Å². The van der Waals surface area contributed by atoms with Gasteiger partial charge in [0.1, 0.15) is 5.82 Å². The van der Waals surface area contributed by atoms with Gasteiger partial charge in [-0.25, -0.2) is 4.99 Å². The number of carbonyl (C=O) groups excluding carboxylic acids is 1. The van der Waals surface area contributed by atoms with Crippen molar-refractivity contribution in [2.24, 2.45) is 4.99 Å². The molecule has 0 saturated heterocycles. The Morgan fingerprint density at radius 2 is 2.00 bits per heavy atom. The van der Waals surface area contributed by atoms with Crippen LogP contribution >= 0.6 is 0 Å². The molecule has 0 fully saturated rings. The Kier molecular flexibility index (Phi) is 5.68. The van der Waals surface area contributed by atoms with Crippen molar-refractivity contribution in [2.45, 2.75) is 40.0 Å². The van der Waals surface area contributed by atoms with E-state index in [1.807, 2.05) is 44.2 Å². The van der Waals surface area contributed by atoms with Gasteiger partial charge in [0.25, 0.3) is 5.91 Å². The first-order valence-electron chi connectivity index (χ1n) is 8.11. The Hall–Kier alpha value is -2.69. The lowest BCUT2D eigenvalue weighted by Crippen LogP contribution is -2.24. The van der Waals surface area contributed by atoms with E-state index in [-0.39, 0.29) is 11.5 Å². The fourth-order valence-corrected chi connectivity index (χ4v) is 2.47. The second-order valence-corrected chi connectivity index (χ2v) is 6.00. The second kappa shape index (κ2) is 7.73. The van der Waals surface area contributed by atoms with Crippen LogP contribution in [0.2, 0.25) is 0 Å². The highest BCUT2D eigenvalue weighted by Crippen LogP contribution is 2.21. The number of anilines is 1. The summed E-state index contributed by atoms with van der Waals surface area (Å²) < 4.78 is 0. The van der Waals surface area contributed by atoms with Crippen molar-refractivity contribution in [3.05, 3.63) is 53.0 Å². The van der Waals surface area contributed by atoms with Crippen LogP contribution in [-0.2, 0) is 4.79 Å². The van der Waals surface area contributed by atoms with Crippen LogP contribution in [0.3, 0.4) is 0 Å². The van der Waals surface area contributed by atoms with Crippen molar-refractivity contribution in [1.29, 1.82) is 5.41 Å². The average molecular weight is 324 g/mol. The molecule has 0 spiro atoms. The Morgan fingerprint density at radius 3 is 2.54 bits per heavy atom. The third kappa shape index (κ3) is 4.19. The molecule has 0 aliphatic carbocycles. The number of nitrogens with one attached hydrogen (secondary N) is 3. The molecule has 1 amide bonds. The summed E-state index contributed by atoms with van der Waals surface area (Å²) in [7, 11) is 0. The highest BCUT2D eigenvalue weighted by molar-refractivity contribution is 6.18. The van der Waals surface area contributed by atoms with Gasteiger partial charge in [0.2, 0.25) is 0 Å². The highest BCUT2D eigenvalue weighted by Gasteiger charge is 2.16. The van der Waals surface area contributed by atoms with Crippen LogP contribution in [0, 0.1) is 5.41 Å². The molecule has 1 unspecified atom stereocenters. The summed E-state index contributed by atoms with van der Waals surface area (Å²) in [6.07, 6.45) is 3.99. The Morgan fingerprint density at radius 1 is 1.33 bits per heavy atom. The van der Waals surface area contributed by atoms with Gasteiger partial charge in [-0.2, -0.15) is 0 Å². The maximum atomic E-state index is 12.5. The number of carbonyl (C=O) groups is 1. The standard InChI is InChI=1S/C19H24N4O/c1-5-12(2)15-6-8-16(9-7-15)23-19(24)17(11-20)18-21-13(3)10-14(4)22-18/h6-12,20-21H,5H2,1-4H3,(H,23,24)/b18-17-,20-11?. The summed E-state index contributed by atoms with van der Waals surface area (Å²) in [4.78, 5) is 16.8.